The lowest BCUT2D eigenvalue weighted by Gasteiger charge is -2.17. The standard InChI is InChI=1S/C28H32BClN6O7S/c1-34(2)8-9-43-18-4-7-22-16(10-18)11-23(31-22)27(37)35-15-17(14-30)26-20-6-5-19(44(40,41)33-32-28(29)42-3)12-21(20)24(36(38)39)13-25(26)35/h4-7,10-13,17,28,31-33H,8-9,14-15,29H2,1-3H3. The summed E-state index contributed by atoms with van der Waals surface area (Å²) in [5, 5.41) is 13.6. The molecule has 2 heterocycles. The Labute approximate surface area is 260 Å². The van der Waals surface area contributed by atoms with Crippen molar-refractivity contribution in [1.82, 2.24) is 20.1 Å². The molecule has 0 bridgehead atoms. The number of benzene rings is 3. The third-order valence-corrected chi connectivity index (χ3v) is 9.16. The lowest BCUT2D eigenvalue weighted by molar-refractivity contribution is -0.383. The number of halogens is 1. The summed E-state index contributed by atoms with van der Waals surface area (Å²) in [5.74, 6) is 0.101. The quantitative estimate of drug-likeness (QED) is 0.0694. The molecule has 0 saturated heterocycles. The van der Waals surface area contributed by atoms with Gasteiger partial charge in [-0.1, -0.05) is 6.07 Å². The van der Waals surface area contributed by atoms with Gasteiger partial charge < -0.3 is 24.3 Å². The molecule has 0 fully saturated rings. The number of nitrogens with one attached hydrogen (secondary N) is 3. The van der Waals surface area contributed by atoms with E-state index in [4.69, 9.17) is 21.1 Å². The number of fused-ring (bicyclic) bond motifs is 4. The van der Waals surface area contributed by atoms with Gasteiger partial charge >= 0.3 is 0 Å². The van der Waals surface area contributed by atoms with Crippen molar-refractivity contribution < 1.29 is 27.6 Å². The number of hydrogen-bond donors (Lipinski definition) is 3. The normalized spacial score (nSPS) is 15.7. The van der Waals surface area contributed by atoms with Gasteiger partial charge in [0.2, 0.25) is 0 Å². The summed E-state index contributed by atoms with van der Waals surface area (Å²) in [6.45, 7) is 1.47. The van der Waals surface area contributed by atoms with Gasteiger partial charge in [0, 0.05) is 49.0 Å². The predicted octanol–water partition coefficient (Wildman–Crippen LogP) is 2.50. The molecule has 3 aromatic carbocycles. The molecule has 1 amide bonds. The maximum absolute atomic E-state index is 13.9. The number of aromatic nitrogens is 1. The van der Waals surface area contributed by atoms with Crippen LogP contribution in [-0.4, -0.2) is 89.9 Å². The Morgan fingerprint density at radius 3 is 2.68 bits per heavy atom. The highest BCUT2D eigenvalue weighted by molar-refractivity contribution is 7.89. The van der Waals surface area contributed by atoms with Crippen molar-refractivity contribution in [2.24, 2.45) is 0 Å². The number of amides is 1. The molecule has 1 aliphatic heterocycles. The van der Waals surface area contributed by atoms with E-state index < -0.39 is 21.1 Å². The van der Waals surface area contributed by atoms with Gasteiger partial charge in [0.15, 0.2) is 7.85 Å². The molecular formula is C28H32BClN6O7S. The number of hydrogen-bond acceptors (Lipinski definition) is 9. The molecule has 3 N–H and O–H groups in total. The fourth-order valence-corrected chi connectivity index (χ4v) is 6.39. The third kappa shape index (κ3) is 6.25. The molecule has 13 nitrogen and oxygen atoms in total. The number of hydrazine groups is 1. The number of ether oxygens (including phenoxy) is 2. The van der Waals surface area contributed by atoms with E-state index in [1.807, 2.05) is 37.2 Å². The largest absolute Gasteiger partial charge is 0.492 e. The van der Waals surface area contributed by atoms with Crippen molar-refractivity contribution in [3.63, 3.8) is 0 Å². The first-order valence-corrected chi connectivity index (χ1v) is 15.8. The highest BCUT2D eigenvalue weighted by atomic mass is 35.5. The monoisotopic (exact) mass is 642 g/mol. The van der Waals surface area contributed by atoms with Gasteiger partial charge in [-0.2, -0.15) is 0 Å². The highest BCUT2D eigenvalue weighted by Crippen LogP contribution is 2.46. The summed E-state index contributed by atoms with van der Waals surface area (Å²) in [5.41, 5.74) is 4.22. The molecule has 1 aromatic heterocycles. The lowest BCUT2D eigenvalue weighted by atomic mass is 9.95. The topological polar surface area (TPSA) is 159 Å². The second kappa shape index (κ2) is 12.7. The second-order valence-corrected chi connectivity index (χ2v) is 12.8. The van der Waals surface area contributed by atoms with Crippen LogP contribution < -0.4 is 19.9 Å². The summed E-state index contributed by atoms with van der Waals surface area (Å²) in [4.78, 5) is 34.2. The lowest BCUT2D eigenvalue weighted by Crippen LogP contribution is -2.45. The number of carbonyl (C=O) groups excluding carboxylic acids is 1. The van der Waals surface area contributed by atoms with Gasteiger partial charge in [0.1, 0.15) is 18.1 Å². The highest BCUT2D eigenvalue weighted by Gasteiger charge is 2.37. The smallest absolute Gasteiger partial charge is 0.279 e. The Morgan fingerprint density at radius 2 is 2.00 bits per heavy atom. The zero-order valence-electron chi connectivity index (χ0n) is 24.6. The van der Waals surface area contributed by atoms with Crippen LogP contribution >= 0.6 is 11.6 Å². The fourth-order valence-electron chi connectivity index (χ4n) is 5.18. The van der Waals surface area contributed by atoms with Gasteiger partial charge in [0.05, 0.1) is 27.0 Å². The van der Waals surface area contributed by atoms with Crippen LogP contribution in [0.1, 0.15) is 22.0 Å². The maximum atomic E-state index is 13.9. The molecule has 16 heteroatoms. The number of likely N-dealkylation sites (N-methyl/N-ethyl adjacent to an activating group) is 1. The number of methoxy groups -OCH3 is 1. The minimum atomic E-state index is -4.09. The van der Waals surface area contributed by atoms with E-state index in [0.717, 1.165) is 17.4 Å². The number of nitro benzene ring substituents is 1. The van der Waals surface area contributed by atoms with Crippen LogP contribution in [-0.2, 0) is 14.8 Å². The number of non-ortho nitro benzene ring substituents is 1. The first-order valence-electron chi connectivity index (χ1n) is 13.8. The van der Waals surface area contributed by atoms with Gasteiger partial charge in [-0.05, 0) is 61.4 Å². The van der Waals surface area contributed by atoms with Crippen molar-refractivity contribution in [1.29, 1.82) is 0 Å². The average molecular weight is 643 g/mol. The molecule has 0 aliphatic carbocycles. The zero-order chi connectivity index (χ0) is 31.8. The Hall–Kier alpha value is -3.73. The summed E-state index contributed by atoms with van der Waals surface area (Å²) in [7, 11) is 2.84. The number of nitrogens with zero attached hydrogens (tertiary/aromatic N) is 3. The second-order valence-electron chi connectivity index (χ2n) is 10.8. The molecule has 2 atom stereocenters. The number of anilines is 1. The van der Waals surface area contributed by atoms with E-state index in [9.17, 15) is 23.3 Å². The van der Waals surface area contributed by atoms with E-state index in [0.29, 0.717) is 34.7 Å². The summed E-state index contributed by atoms with van der Waals surface area (Å²) >= 11 is 6.36. The minimum Gasteiger partial charge on any atom is -0.492 e. The van der Waals surface area contributed by atoms with Gasteiger partial charge in [-0.25, -0.2) is 13.8 Å². The molecule has 4 aromatic rings. The van der Waals surface area contributed by atoms with Crippen LogP contribution in [0.2, 0.25) is 0 Å². The number of alkyl halides is 1. The summed E-state index contributed by atoms with van der Waals surface area (Å²) in [6.07, 6.45) is -0.614. The van der Waals surface area contributed by atoms with E-state index in [1.165, 1.54) is 36.3 Å². The Balaban J connectivity index is 1.52. The first-order chi connectivity index (χ1) is 20.9. The summed E-state index contributed by atoms with van der Waals surface area (Å²) < 4.78 is 36.7. The number of carbonyl (C=O) groups is 1. The first kappa shape index (κ1) is 31.7. The summed E-state index contributed by atoms with van der Waals surface area (Å²) in [6, 6.07) is 12.7. The number of sulfonamides is 1. The van der Waals surface area contributed by atoms with Crippen molar-refractivity contribution in [3.05, 3.63) is 69.9 Å². The minimum absolute atomic E-state index is 0.119. The third-order valence-electron chi connectivity index (χ3n) is 7.53. The van der Waals surface area contributed by atoms with Crippen LogP contribution in [0.25, 0.3) is 21.7 Å². The molecule has 0 radical (unpaired) electrons. The molecule has 0 saturated carbocycles. The van der Waals surface area contributed by atoms with Gasteiger partial charge in [0.25, 0.3) is 21.6 Å². The van der Waals surface area contributed by atoms with Gasteiger partial charge in [-0.15, -0.1) is 16.4 Å². The molecular weight excluding hydrogens is 611 g/mol. The van der Waals surface area contributed by atoms with Gasteiger partial charge in [-0.3, -0.25) is 14.9 Å². The Bertz CT molecular complexity index is 1850. The molecule has 44 heavy (non-hydrogen) atoms. The van der Waals surface area contributed by atoms with E-state index in [2.05, 4.69) is 15.2 Å². The van der Waals surface area contributed by atoms with E-state index >= 15 is 0 Å². The van der Waals surface area contributed by atoms with Crippen LogP contribution in [0.5, 0.6) is 5.75 Å². The molecule has 232 valence electrons. The molecule has 0 spiro atoms. The fraction of sp³-hybridized carbons (Fsp3) is 0.321. The van der Waals surface area contributed by atoms with Crippen LogP contribution in [0.4, 0.5) is 11.4 Å². The Kier molecular flexibility index (Phi) is 9.16. The van der Waals surface area contributed by atoms with Crippen molar-refractivity contribution in [2.75, 3.05) is 51.7 Å². The SMILES string of the molecule is BC(NNS(=O)(=O)c1ccc2c3c(cc([N+](=O)[O-])c2c1)N(C(=O)c1cc2cc(OCCN(C)C)ccc2[nH]1)CC3CCl)OC. The number of aromatic amines is 1. The van der Waals surface area contributed by atoms with E-state index in [1.54, 1.807) is 13.9 Å². The average Bonchev–Trinajstić information content (AvgIpc) is 3.60. The van der Waals surface area contributed by atoms with Crippen LogP contribution in [0, 0.1) is 10.1 Å². The van der Waals surface area contributed by atoms with Crippen LogP contribution in [0.3, 0.4) is 0 Å². The molecule has 2 unspecified atom stereocenters. The zero-order valence-corrected chi connectivity index (χ0v) is 26.2. The van der Waals surface area contributed by atoms with Crippen molar-refractivity contribution >= 4 is 68.4 Å². The number of H-pyrrole nitrogens is 1. The molecule has 5 rings (SSSR count). The number of rotatable bonds is 12. The van der Waals surface area contributed by atoms with Crippen LogP contribution in [0.15, 0.2) is 53.4 Å². The predicted molar refractivity (Wildman–Crippen MR) is 171 cm³/mol. The van der Waals surface area contributed by atoms with Crippen molar-refractivity contribution in [2.45, 2.75) is 16.9 Å². The van der Waals surface area contributed by atoms with Crippen molar-refractivity contribution in [3.8, 4) is 5.75 Å². The number of nitro groups is 1. The Morgan fingerprint density at radius 1 is 1.23 bits per heavy atom. The van der Waals surface area contributed by atoms with E-state index in [-0.39, 0.29) is 40.2 Å². The maximum Gasteiger partial charge on any atom is 0.279 e. The molecule has 1 aliphatic rings.